The number of hydrogen-bond acceptors (Lipinski definition) is 5. The molecule has 0 saturated heterocycles. The quantitative estimate of drug-likeness (QED) is 0.570. The molecular formula is C28H29N5O3. The molecule has 8 nitrogen and oxygen atoms in total. The summed E-state index contributed by atoms with van der Waals surface area (Å²) >= 11 is 0. The molecule has 2 aliphatic heterocycles. The van der Waals surface area contributed by atoms with Crippen molar-refractivity contribution in [2.24, 2.45) is 11.0 Å². The Labute approximate surface area is 209 Å². The van der Waals surface area contributed by atoms with E-state index in [0.717, 1.165) is 52.8 Å². The van der Waals surface area contributed by atoms with Crippen molar-refractivity contribution in [3.63, 3.8) is 0 Å². The average molecular weight is 484 g/mol. The molecule has 0 radical (unpaired) electrons. The number of hydrazone groups is 1. The molecule has 0 N–H and O–H groups in total. The van der Waals surface area contributed by atoms with Crippen LogP contribution in [0.2, 0.25) is 0 Å². The molecular weight excluding hydrogens is 454 g/mol. The molecule has 36 heavy (non-hydrogen) atoms. The number of aromatic nitrogens is 2. The Morgan fingerprint density at radius 1 is 1.06 bits per heavy atom. The van der Waals surface area contributed by atoms with E-state index >= 15 is 0 Å². The fourth-order valence-electron chi connectivity index (χ4n) is 5.33. The van der Waals surface area contributed by atoms with E-state index in [9.17, 15) is 14.4 Å². The zero-order valence-corrected chi connectivity index (χ0v) is 20.7. The van der Waals surface area contributed by atoms with Gasteiger partial charge in [-0.1, -0.05) is 18.2 Å². The molecule has 4 heterocycles. The van der Waals surface area contributed by atoms with Gasteiger partial charge in [0.05, 0.1) is 5.52 Å². The first-order valence-electron chi connectivity index (χ1n) is 12.6. The van der Waals surface area contributed by atoms with Crippen molar-refractivity contribution in [1.29, 1.82) is 0 Å². The summed E-state index contributed by atoms with van der Waals surface area (Å²) in [6, 6.07) is 11.9. The highest BCUT2D eigenvalue weighted by Gasteiger charge is 2.31. The maximum Gasteiger partial charge on any atom is 0.270 e. The molecule has 2 aromatic heterocycles. The lowest BCUT2D eigenvalue weighted by Gasteiger charge is -2.32. The molecule has 0 unspecified atom stereocenters. The summed E-state index contributed by atoms with van der Waals surface area (Å²) < 4.78 is 1.97. The lowest BCUT2D eigenvalue weighted by atomic mass is 9.96. The Kier molecular flexibility index (Phi) is 5.47. The fourth-order valence-corrected chi connectivity index (χ4v) is 5.33. The molecule has 1 fully saturated rings. The first-order chi connectivity index (χ1) is 17.4. The molecule has 3 aliphatic rings. The largest absolute Gasteiger partial charge is 0.333 e. The molecule has 8 heteroatoms. The minimum absolute atomic E-state index is 0.0327. The van der Waals surface area contributed by atoms with Crippen molar-refractivity contribution in [2.45, 2.75) is 52.1 Å². The van der Waals surface area contributed by atoms with E-state index in [1.54, 1.807) is 11.9 Å². The lowest BCUT2D eigenvalue weighted by Crippen LogP contribution is -2.44. The van der Waals surface area contributed by atoms with E-state index < -0.39 is 0 Å². The minimum Gasteiger partial charge on any atom is -0.333 e. The number of carbonyl (C=O) groups excluding carboxylic acids is 2. The van der Waals surface area contributed by atoms with Gasteiger partial charge in [-0.2, -0.15) is 5.10 Å². The summed E-state index contributed by atoms with van der Waals surface area (Å²) in [7, 11) is 1.59. The Morgan fingerprint density at radius 3 is 2.67 bits per heavy atom. The number of benzene rings is 1. The molecule has 0 spiro atoms. The van der Waals surface area contributed by atoms with Gasteiger partial charge in [0.15, 0.2) is 0 Å². The van der Waals surface area contributed by atoms with Gasteiger partial charge in [0.2, 0.25) is 5.91 Å². The van der Waals surface area contributed by atoms with Gasteiger partial charge in [0.1, 0.15) is 5.71 Å². The van der Waals surface area contributed by atoms with Crippen LogP contribution in [0.1, 0.15) is 42.6 Å². The van der Waals surface area contributed by atoms with Gasteiger partial charge in [0.25, 0.3) is 11.5 Å². The van der Waals surface area contributed by atoms with Gasteiger partial charge in [0, 0.05) is 68.3 Å². The number of aryl methyl sites for hydroxylation is 1. The van der Waals surface area contributed by atoms with Crippen LogP contribution in [0.25, 0.3) is 22.0 Å². The first kappa shape index (κ1) is 22.6. The van der Waals surface area contributed by atoms with Gasteiger partial charge >= 0.3 is 0 Å². The first-order valence-corrected chi connectivity index (χ1v) is 12.6. The molecule has 3 aromatic rings. The summed E-state index contributed by atoms with van der Waals surface area (Å²) in [4.78, 5) is 45.4. The van der Waals surface area contributed by atoms with Crippen molar-refractivity contribution < 1.29 is 9.59 Å². The van der Waals surface area contributed by atoms with Crippen LogP contribution in [0.5, 0.6) is 0 Å². The molecule has 0 atom stereocenters. The topological polar surface area (TPSA) is 87.9 Å². The smallest absolute Gasteiger partial charge is 0.270 e. The third kappa shape index (κ3) is 4.00. The molecule has 1 saturated carbocycles. The van der Waals surface area contributed by atoms with Gasteiger partial charge in [-0.15, -0.1) is 0 Å². The molecule has 2 amide bonds. The Hall–Kier alpha value is -3.81. The third-order valence-corrected chi connectivity index (χ3v) is 7.51. The molecule has 184 valence electrons. The number of pyridine rings is 2. The zero-order valence-electron chi connectivity index (χ0n) is 20.7. The van der Waals surface area contributed by atoms with Crippen LogP contribution in [-0.4, -0.2) is 50.6 Å². The van der Waals surface area contributed by atoms with E-state index in [-0.39, 0.29) is 17.4 Å². The van der Waals surface area contributed by atoms with Crippen LogP contribution in [0.4, 0.5) is 0 Å². The maximum absolute atomic E-state index is 13.9. The van der Waals surface area contributed by atoms with Crippen LogP contribution in [0, 0.1) is 12.8 Å². The van der Waals surface area contributed by atoms with Gasteiger partial charge in [-0.25, -0.2) is 5.01 Å². The van der Waals surface area contributed by atoms with E-state index in [1.165, 1.54) is 5.01 Å². The van der Waals surface area contributed by atoms with E-state index in [0.29, 0.717) is 49.5 Å². The van der Waals surface area contributed by atoms with Crippen LogP contribution < -0.4 is 5.56 Å². The lowest BCUT2D eigenvalue weighted by molar-refractivity contribution is -0.130. The second-order valence-electron chi connectivity index (χ2n) is 10.2. The van der Waals surface area contributed by atoms with Crippen molar-refractivity contribution >= 4 is 28.4 Å². The Balaban J connectivity index is 1.43. The maximum atomic E-state index is 13.9. The molecule has 0 bridgehead atoms. The van der Waals surface area contributed by atoms with Crippen LogP contribution in [0.15, 0.2) is 46.3 Å². The molecule has 1 aliphatic carbocycles. The number of carbonyl (C=O) groups is 2. The summed E-state index contributed by atoms with van der Waals surface area (Å²) in [5, 5.41) is 6.44. The Morgan fingerprint density at radius 2 is 1.89 bits per heavy atom. The highest BCUT2D eigenvalue weighted by atomic mass is 16.2. The number of hydrogen-bond donors (Lipinski definition) is 0. The number of nitrogens with zero attached hydrogens (tertiary/aromatic N) is 5. The summed E-state index contributed by atoms with van der Waals surface area (Å²) in [6.07, 6.45) is 3.59. The minimum atomic E-state index is -0.133. The number of fused-ring (bicyclic) bond motifs is 2. The van der Waals surface area contributed by atoms with Crippen molar-refractivity contribution in [1.82, 2.24) is 19.5 Å². The highest BCUT2D eigenvalue weighted by molar-refractivity contribution is 6.39. The van der Waals surface area contributed by atoms with Crippen LogP contribution in [-0.2, 0) is 29.1 Å². The van der Waals surface area contributed by atoms with E-state index in [4.69, 9.17) is 0 Å². The van der Waals surface area contributed by atoms with Gasteiger partial charge in [-0.05, 0) is 55.0 Å². The predicted octanol–water partition coefficient (Wildman–Crippen LogP) is 3.27. The van der Waals surface area contributed by atoms with Crippen molar-refractivity contribution in [3.8, 4) is 11.1 Å². The third-order valence-electron chi connectivity index (χ3n) is 7.51. The SMILES string of the molecule is Cc1ccc2c(-c3cc4c(n(CC5CC5)c3=O)CCN(C(=O)C3=NN(C)C(=O)CC3)C4)cccc2n1. The van der Waals surface area contributed by atoms with E-state index in [2.05, 4.69) is 10.1 Å². The van der Waals surface area contributed by atoms with Crippen molar-refractivity contribution in [3.05, 3.63) is 63.7 Å². The zero-order chi connectivity index (χ0) is 25.0. The summed E-state index contributed by atoms with van der Waals surface area (Å²) in [6.45, 7) is 3.64. The summed E-state index contributed by atoms with van der Waals surface area (Å²) in [5.74, 6) is 0.332. The van der Waals surface area contributed by atoms with Crippen LogP contribution in [0.3, 0.4) is 0 Å². The highest BCUT2D eigenvalue weighted by Crippen LogP contribution is 2.33. The normalized spacial score (nSPS) is 17.8. The molecule has 6 rings (SSSR count). The predicted molar refractivity (Wildman–Crippen MR) is 137 cm³/mol. The van der Waals surface area contributed by atoms with Crippen molar-refractivity contribution in [2.75, 3.05) is 13.6 Å². The monoisotopic (exact) mass is 483 g/mol. The second-order valence-corrected chi connectivity index (χ2v) is 10.2. The second kappa shape index (κ2) is 8.69. The van der Waals surface area contributed by atoms with Gasteiger partial charge in [-0.3, -0.25) is 19.4 Å². The van der Waals surface area contributed by atoms with Gasteiger partial charge < -0.3 is 9.47 Å². The number of rotatable bonds is 4. The average Bonchev–Trinajstić information content (AvgIpc) is 3.70. The van der Waals surface area contributed by atoms with E-state index in [1.807, 2.05) is 47.9 Å². The Bertz CT molecular complexity index is 1500. The number of amides is 2. The fraction of sp³-hybridized carbons (Fsp3) is 0.393. The summed E-state index contributed by atoms with van der Waals surface area (Å²) in [5.41, 5.74) is 5.81. The standard InChI is InChI=1S/C28H29N5O3/c1-17-6-9-21-20(4-3-5-23(21)29-17)22-14-19-16-32(28(36)24-10-11-26(34)31(2)30-24)13-12-25(19)33(27(22)35)15-18-7-8-18/h3-6,9,14,18H,7-8,10-13,15-16H2,1-2H3. The van der Waals surface area contributed by atoms with Crippen LogP contribution >= 0.6 is 0 Å². The molecule has 1 aromatic carbocycles.